The molecule has 0 aliphatic rings. The van der Waals surface area contributed by atoms with E-state index in [4.69, 9.17) is 5.84 Å². The number of nitrogens with one attached hydrogen (secondary N) is 1. The highest BCUT2D eigenvalue weighted by Crippen LogP contribution is 2.16. The standard InChI is InChI=1S/C8H10N2O3/c9-10-7(11)8(12,13)6-4-2-1-3-5-6/h1-5,12-13H,9H2,(H,10,11). The van der Waals surface area contributed by atoms with Gasteiger partial charge in [-0.3, -0.25) is 10.2 Å². The van der Waals surface area contributed by atoms with Crippen molar-refractivity contribution in [2.45, 2.75) is 5.79 Å². The summed E-state index contributed by atoms with van der Waals surface area (Å²) in [6.45, 7) is 0. The van der Waals surface area contributed by atoms with Gasteiger partial charge in [-0.15, -0.1) is 0 Å². The van der Waals surface area contributed by atoms with Gasteiger partial charge in [0, 0.05) is 5.56 Å². The molecule has 70 valence electrons. The molecule has 0 spiro atoms. The fraction of sp³-hybridized carbons (Fsp3) is 0.125. The third kappa shape index (κ3) is 1.83. The van der Waals surface area contributed by atoms with Crippen molar-refractivity contribution in [1.29, 1.82) is 0 Å². The van der Waals surface area contributed by atoms with Crippen LogP contribution in [0.2, 0.25) is 0 Å². The molecule has 1 amide bonds. The van der Waals surface area contributed by atoms with Crippen LogP contribution in [0.5, 0.6) is 0 Å². The van der Waals surface area contributed by atoms with Crippen molar-refractivity contribution >= 4 is 5.91 Å². The zero-order valence-corrected chi connectivity index (χ0v) is 6.77. The molecule has 1 aromatic rings. The molecule has 0 aliphatic carbocycles. The van der Waals surface area contributed by atoms with Gasteiger partial charge in [-0.25, -0.2) is 5.84 Å². The van der Waals surface area contributed by atoms with Crippen molar-refractivity contribution in [1.82, 2.24) is 5.43 Å². The predicted molar refractivity (Wildman–Crippen MR) is 44.9 cm³/mol. The smallest absolute Gasteiger partial charge is 0.298 e. The topological polar surface area (TPSA) is 95.6 Å². The van der Waals surface area contributed by atoms with Crippen LogP contribution in [0.4, 0.5) is 0 Å². The molecule has 5 heteroatoms. The summed E-state index contributed by atoms with van der Waals surface area (Å²) < 4.78 is 0. The molecular weight excluding hydrogens is 172 g/mol. The third-order valence-corrected chi connectivity index (χ3v) is 1.62. The Morgan fingerprint density at radius 2 is 1.85 bits per heavy atom. The van der Waals surface area contributed by atoms with Crippen LogP contribution < -0.4 is 11.3 Å². The van der Waals surface area contributed by atoms with Crippen molar-refractivity contribution < 1.29 is 15.0 Å². The van der Waals surface area contributed by atoms with E-state index in [1.807, 2.05) is 0 Å². The van der Waals surface area contributed by atoms with Crippen LogP contribution in [0.25, 0.3) is 0 Å². The first-order valence-electron chi connectivity index (χ1n) is 3.60. The number of carbonyl (C=O) groups excluding carboxylic acids is 1. The number of nitrogens with two attached hydrogens (primary N) is 1. The fourth-order valence-corrected chi connectivity index (χ4v) is 0.902. The number of rotatable bonds is 2. The van der Waals surface area contributed by atoms with Crippen LogP contribution in [0, 0.1) is 0 Å². The minimum atomic E-state index is -2.57. The lowest BCUT2D eigenvalue weighted by Gasteiger charge is -2.19. The average Bonchev–Trinajstić information content (AvgIpc) is 2.18. The van der Waals surface area contributed by atoms with Gasteiger partial charge < -0.3 is 10.2 Å². The van der Waals surface area contributed by atoms with E-state index in [0.717, 1.165) is 0 Å². The Hall–Kier alpha value is -1.43. The molecule has 0 fully saturated rings. The molecule has 0 saturated heterocycles. The number of hydrazine groups is 1. The maximum absolute atomic E-state index is 10.9. The lowest BCUT2D eigenvalue weighted by atomic mass is 10.1. The van der Waals surface area contributed by atoms with Gasteiger partial charge in [0.2, 0.25) is 0 Å². The van der Waals surface area contributed by atoms with Crippen molar-refractivity contribution in [3.63, 3.8) is 0 Å². The molecule has 13 heavy (non-hydrogen) atoms. The molecule has 0 saturated carbocycles. The van der Waals surface area contributed by atoms with Gasteiger partial charge in [0.05, 0.1) is 0 Å². The second-order valence-electron chi connectivity index (χ2n) is 2.51. The van der Waals surface area contributed by atoms with E-state index in [-0.39, 0.29) is 5.56 Å². The summed E-state index contributed by atoms with van der Waals surface area (Å²) in [6, 6.07) is 7.69. The molecule has 1 rings (SSSR count). The molecule has 0 bridgehead atoms. The van der Waals surface area contributed by atoms with E-state index in [0.29, 0.717) is 0 Å². The third-order valence-electron chi connectivity index (χ3n) is 1.62. The Bertz CT molecular complexity index is 298. The number of benzene rings is 1. The zero-order chi connectivity index (χ0) is 9.90. The second kappa shape index (κ2) is 3.53. The van der Waals surface area contributed by atoms with Crippen molar-refractivity contribution in [3.05, 3.63) is 35.9 Å². The summed E-state index contributed by atoms with van der Waals surface area (Å²) in [5, 5.41) is 18.6. The number of amides is 1. The summed E-state index contributed by atoms with van der Waals surface area (Å²) in [5.74, 6) is 1.13. The normalized spacial score (nSPS) is 11.0. The molecule has 0 aliphatic heterocycles. The Morgan fingerprint density at radius 1 is 1.31 bits per heavy atom. The van der Waals surface area contributed by atoms with Gasteiger partial charge in [0.15, 0.2) is 0 Å². The lowest BCUT2D eigenvalue weighted by Crippen LogP contribution is -2.47. The number of aliphatic hydroxyl groups is 2. The van der Waals surface area contributed by atoms with Gasteiger partial charge in [-0.05, 0) is 0 Å². The highest BCUT2D eigenvalue weighted by Gasteiger charge is 2.34. The van der Waals surface area contributed by atoms with Crippen molar-refractivity contribution in [3.8, 4) is 0 Å². The van der Waals surface area contributed by atoms with Crippen molar-refractivity contribution in [2.24, 2.45) is 5.84 Å². The first kappa shape index (κ1) is 9.66. The van der Waals surface area contributed by atoms with Crippen molar-refractivity contribution in [2.75, 3.05) is 0 Å². The molecule has 0 unspecified atom stereocenters. The van der Waals surface area contributed by atoms with E-state index in [2.05, 4.69) is 0 Å². The molecule has 5 nitrogen and oxygen atoms in total. The molecule has 0 aromatic heterocycles. The SMILES string of the molecule is NNC(=O)C(O)(O)c1ccccc1. The lowest BCUT2D eigenvalue weighted by molar-refractivity contribution is -0.189. The van der Waals surface area contributed by atoms with Gasteiger partial charge in [0.1, 0.15) is 0 Å². The minimum absolute atomic E-state index is 0.0675. The van der Waals surface area contributed by atoms with E-state index in [1.54, 1.807) is 23.6 Å². The molecule has 0 radical (unpaired) electrons. The average molecular weight is 182 g/mol. The highest BCUT2D eigenvalue weighted by atomic mass is 16.5. The molecule has 0 atom stereocenters. The van der Waals surface area contributed by atoms with E-state index in [9.17, 15) is 15.0 Å². The van der Waals surface area contributed by atoms with Crippen LogP contribution in [0.3, 0.4) is 0 Å². The van der Waals surface area contributed by atoms with E-state index < -0.39 is 11.7 Å². The minimum Gasteiger partial charge on any atom is -0.355 e. The Balaban J connectivity index is 3.00. The Kier molecular flexibility index (Phi) is 2.62. The molecule has 1 aromatic carbocycles. The van der Waals surface area contributed by atoms with Gasteiger partial charge >= 0.3 is 0 Å². The predicted octanol–water partition coefficient (Wildman–Crippen LogP) is -1.19. The fourth-order valence-electron chi connectivity index (χ4n) is 0.902. The monoisotopic (exact) mass is 182 g/mol. The molecule has 0 heterocycles. The van der Waals surface area contributed by atoms with Crippen LogP contribution in [-0.2, 0) is 10.6 Å². The number of hydrogen-bond donors (Lipinski definition) is 4. The quantitative estimate of drug-likeness (QED) is 0.200. The summed E-state index contributed by atoms with van der Waals surface area (Å²) >= 11 is 0. The maximum atomic E-state index is 10.9. The molecule has 5 N–H and O–H groups in total. The van der Waals surface area contributed by atoms with Crippen LogP contribution in [-0.4, -0.2) is 16.1 Å². The number of carbonyl (C=O) groups is 1. The van der Waals surface area contributed by atoms with Gasteiger partial charge in [0.25, 0.3) is 11.7 Å². The second-order valence-corrected chi connectivity index (χ2v) is 2.51. The van der Waals surface area contributed by atoms with E-state index in [1.165, 1.54) is 12.1 Å². The van der Waals surface area contributed by atoms with Crippen LogP contribution >= 0.6 is 0 Å². The van der Waals surface area contributed by atoms with Gasteiger partial charge in [-0.2, -0.15) is 0 Å². The Morgan fingerprint density at radius 3 is 2.31 bits per heavy atom. The van der Waals surface area contributed by atoms with E-state index >= 15 is 0 Å². The van der Waals surface area contributed by atoms with Crippen LogP contribution in [0.15, 0.2) is 30.3 Å². The maximum Gasteiger partial charge on any atom is 0.298 e. The summed E-state index contributed by atoms with van der Waals surface area (Å²) in [6.07, 6.45) is 0. The van der Waals surface area contributed by atoms with Gasteiger partial charge in [-0.1, -0.05) is 30.3 Å². The van der Waals surface area contributed by atoms with Crippen LogP contribution in [0.1, 0.15) is 5.56 Å². The molecular formula is C8H10N2O3. The summed E-state index contributed by atoms with van der Waals surface area (Å²) in [7, 11) is 0. The highest BCUT2D eigenvalue weighted by molar-refractivity contribution is 5.83. The zero-order valence-electron chi connectivity index (χ0n) is 6.77. The number of hydrogen-bond acceptors (Lipinski definition) is 4. The first-order chi connectivity index (χ1) is 6.09. The summed E-state index contributed by atoms with van der Waals surface area (Å²) in [4.78, 5) is 10.9. The summed E-state index contributed by atoms with van der Waals surface area (Å²) in [5.41, 5.74) is 1.73. The first-order valence-corrected chi connectivity index (χ1v) is 3.60. The Labute approximate surface area is 74.8 Å². The largest absolute Gasteiger partial charge is 0.355 e.